The summed E-state index contributed by atoms with van der Waals surface area (Å²) in [6, 6.07) is 6.97. The van der Waals surface area contributed by atoms with Gasteiger partial charge in [-0.15, -0.1) is 11.3 Å². The molecule has 2 aromatic rings. The van der Waals surface area contributed by atoms with E-state index in [1.54, 1.807) is 24.3 Å². The highest BCUT2D eigenvalue weighted by molar-refractivity contribution is 8.00. The van der Waals surface area contributed by atoms with Crippen LogP contribution in [0.15, 0.2) is 28.6 Å². The standard InChI is InChI=1S/C11H8ClN2OS2/c1-16-11-14-9(6-17-11)10(15)13-8-4-2-3-7(12)5-8/h2-5H,1H3,(H,13,15). The van der Waals surface area contributed by atoms with E-state index in [4.69, 9.17) is 11.6 Å². The van der Waals surface area contributed by atoms with Crippen LogP contribution in [0.4, 0.5) is 5.69 Å². The number of benzene rings is 1. The molecule has 0 unspecified atom stereocenters. The maximum Gasteiger partial charge on any atom is 0.275 e. The van der Waals surface area contributed by atoms with Gasteiger partial charge in [-0.1, -0.05) is 29.4 Å². The van der Waals surface area contributed by atoms with E-state index < -0.39 is 0 Å². The number of carbonyl (C=O) groups excluding carboxylic acids is 1. The molecule has 0 saturated heterocycles. The number of nitrogens with one attached hydrogen (secondary N) is 1. The highest BCUT2D eigenvalue weighted by Gasteiger charge is 2.11. The van der Waals surface area contributed by atoms with E-state index in [9.17, 15) is 4.79 Å². The Kier molecular flexibility index (Phi) is 4.04. The number of thioether (sulfide) groups is 1. The third kappa shape index (κ3) is 3.21. The largest absolute Gasteiger partial charge is 0.321 e. The Hall–Kier alpha value is -1.04. The van der Waals surface area contributed by atoms with Gasteiger partial charge in [0.05, 0.1) is 5.38 Å². The molecule has 0 atom stereocenters. The molecule has 1 amide bonds. The quantitative estimate of drug-likeness (QED) is 0.876. The lowest BCUT2D eigenvalue weighted by Gasteiger charge is -2.02. The number of hydrogen-bond acceptors (Lipinski definition) is 4. The van der Waals surface area contributed by atoms with Gasteiger partial charge in [0.15, 0.2) is 4.34 Å². The van der Waals surface area contributed by atoms with E-state index in [1.807, 2.05) is 6.26 Å². The van der Waals surface area contributed by atoms with Gasteiger partial charge in [-0.05, 0) is 24.5 Å². The van der Waals surface area contributed by atoms with E-state index in [1.165, 1.54) is 23.1 Å². The Morgan fingerprint density at radius 2 is 2.41 bits per heavy atom. The zero-order chi connectivity index (χ0) is 12.3. The molecule has 1 radical (unpaired) electrons. The van der Waals surface area contributed by atoms with Crippen molar-refractivity contribution in [2.24, 2.45) is 0 Å². The first-order valence-corrected chi connectivity index (χ1v) is 7.10. The fourth-order valence-corrected chi connectivity index (χ4v) is 2.46. The van der Waals surface area contributed by atoms with Crippen molar-refractivity contribution in [3.05, 3.63) is 40.4 Å². The van der Waals surface area contributed by atoms with Gasteiger partial charge in [-0.2, -0.15) is 0 Å². The van der Waals surface area contributed by atoms with Gasteiger partial charge in [-0.25, -0.2) is 4.98 Å². The minimum Gasteiger partial charge on any atom is -0.321 e. The predicted octanol–water partition coefficient (Wildman–Crippen LogP) is 3.57. The Bertz CT molecular complexity index is 542. The van der Waals surface area contributed by atoms with E-state index >= 15 is 0 Å². The first-order chi connectivity index (χ1) is 8.19. The zero-order valence-electron chi connectivity index (χ0n) is 8.86. The maximum atomic E-state index is 11.8. The topological polar surface area (TPSA) is 42.0 Å². The van der Waals surface area contributed by atoms with E-state index in [2.05, 4.69) is 15.7 Å². The molecule has 0 bridgehead atoms. The summed E-state index contributed by atoms with van der Waals surface area (Å²) in [5, 5.41) is 6.15. The minimum absolute atomic E-state index is 0.274. The SMILES string of the molecule is CSc1nc(C(=O)Nc2cccc(Cl)c2)[c]s1. The van der Waals surface area contributed by atoms with Crippen LogP contribution < -0.4 is 5.32 Å². The molecule has 87 valence electrons. The van der Waals surface area contributed by atoms with E-state index in [-0.39, 0.29) is 5.91 Å². The molecule has 1 N–H and O–H groups in total. The Labute approximate surface area is 112 Å². The highest BCUT2D eigenvalue weighted by atomic mass is 35.5. The van der Waals surface area contributed by atoms with E-state index in [0.29, 0.717) is 16.4 Å². The highest BCUT2D eigenvalue weighted by Crippen LogP contribution is 2.20. The number of rotatable bonds is 3. The van der Waals surface area contributed by atoms with Crippen LogP contribution in [0.5, 0.6) is 0 Å². The van der Waals surface area contributed by atoms with Crippen LogP contribution in [0, 0.1) is 5.38 Å². The second kappa shape index (κ2) is 5.53. The molecule has 6 heteroatoms. The molecule has 0 fully saturated rings. The number of carbonyl (C=O) groups is 1. The van der Waals surface area contributed by atoms with Gasteiger partial charge >= 0.3 is 0 Å². The number of hydrogen-bond donors (Lipinski definition) is 1. The van der Waals surface area contributed by atoms with Crippen LogP contribution in [0.3, 0.4) is 0 Å². The lowest BCUT2D eigenvalue weighted by atomic mass is 10.3. The number of aromatic nitrogens is 1. The van der Waals surface area contributed by atoms with Crippen LogP contribution in [0.1, 0.15) is 10.5 Å². The van der Waals surface area contributed by atoms with Crippen LogP contribution in [-0.2, 0) is 0 Å². The second-order valence-corrected chi connectivity index (χ2v) is 5.38. The number of amides is 1. The average Bonchev–Trinajstić information content (AvgIpc) is 2.77. The maximum absolute atomic E-state index is 11.8. The van der Waals surface area contributed by atoms with Gasteiger partial charge < -0.3 is 5.32 Å². The Morgan fingerprint density at radius 3 is 3.06 bits per heavy atom. The molecule has 0 aliphatic carbocycles. The van der Waals surface area contributed by atoms with Gasteiger partial charge in [-0.3, -0.25) is 4.79 Å². The van der Waals surface area contributed by atoms with Crippen molar-refractivity contribution in [2.75, 3.05) is 11.6 Å². The van der Waals surface area contributed by atoms with Crippen molar-refractivity contribution < 1.29 is 4.79 Å². The third-order valence-electron chi connectivity index (χ3n) is 1.91. The summed E-state index contributed by atoms with van der Waals surface area (Å²) >= 11 is 8.65. The number of anilines is 1. The summed E-state index contributed by atoms with van der Waals surface area (Å²) in [7, 11) is 0. The molecular weight excluding hydrogens is 276 g/mol. The molecule has 0 aliphatic heterocycles. The van der Waals surface area contributed by atoms with Gasteiger partial charge in [0.25, 0.3) is 5.91 Å². The molecule has 0 saturated carbocycles. The molecule has 0 aliphatic rings. The van der Waals surface area contributed by atoms with Crippen molar-refractivity contribution in [1.82, 2.24) is 4.98 Å². The number of halogens is 1. The summed E-state index contributed by atoms with van der Waals surface area (Å²) in [5.41, 5.74) is 0.953. The first-order valence-electron chi connectivity index (χ1n) is 4.68. The van der Waals surface area contributed by atoms with Crippen molar-refractivity contribution in [3.8, 4) is 0 Å². The van der Waals surface area contributed by atoms with Gasteiger partial charge in [0, 0.05) is 10.7 Å². The van der Waals surface area contributed by atoms with Crippen LogP contribution >= 0.6 is 34.7 Å². The lowest BCUT2D eigenvalue weighted by Crippen LogP contribution is -2.12. The lowest BCUT2D eigenvalue weighted by molar-refractivity contribution is 0.102. The monoisotopic (exact) mass is 283 g/mol. The average molecular weight is 284 g/mol. The number of thiazole rings is 1. The molecule has 0 spiro atoms. The van der Waals surface area contributed by atoms with E-state index in [0.717, 1.165) is 4.34 Å². The second-order valence-electron chi connectivity index (χ2n) is 3.10. The zero-order valence-corrected chi connectivity index (χ0v) is 11.2. The Balaban J connectivity index is 2.11. The Morgan fingerprint density at radius 1 is 1.59 bits per heavy atom. The third-order valence-corrected chi connectivity index (χ3v) is 3.90. The van der Waals surface area contributed by atoms with Crippen molar-refractivity contribution in [1.29, 1.82) is 0 Å². The minimum atomic E-state index is -0.274. The summed E-state index contributed by atoms with van der Waals surface area (Å²) in [6.45, 7) is 0. The molecule has 2 rings (SSSR count). The van der Waals surface area contributed by atoms with Crippen molar-refractivity contribution in [2.45, 2.75) is 4.34 Å². The van der Waals surface area contributed by atoms with Crippen LogP contribution in [0.2, 0.25) is 5.02 Å². The molecule has 3 nitrogen and oxygen atoms in total. The first kappa shape index (κ1) is 12.4. The van der Waals surface area contributed by atoms with Crippen LogP contribution in [-0.4, -0.2) is 17.1 Å². The smallest absolute Gasteiger partial charge is 0.275 e. The van der Waals surface area contributed by atoms with Gasteiger partial charge in [0.1, 0.15) is 5.69 Å². The summed E-state index contributed by atoms with van der Waals surface area (Å²) in [4.78, 5) is 15.9. The molecule has 17 heavy (non-hydrogen) atoms. The summed E-state index contributed by atoms with van der Waals surface area (Å²) in [6.07, 6.45) is 1.91. The number of nitrogens with zero attached hydrogens (tertiary/aromatic N) is 1. The van der Waals surface area contributed by atoms with Crippen molar-refractivity contribution in [3.63, 3.8) is 0 Å². The van der Waals surface area contributed by atoms with Crippen molar-refractivity contribution >= 4 is 46.3 Å². The van der Waals surface area contributed by atoms with Gasteiger partial charge in [0.2, 0.25) is 0 Å². The molecule has 1 aromatic heterocycles. The molecule has 1 aromatic carbocycles. The summed E-state index contributed by atoms with van der Waals surface area (Å²) in [5.74, 6) is -0.274. The molecule has 1 heterocycles. The fraction of sp³-hybridized carbons (Fsp3) is 0.0909. The normalized spacial score (nSPS) is 10.2. The predicted molar refractivity (Wildman–Crippen MR) is 72.1 cm³/mol. The molecular formula is C11H8ClN2OS2. The summed E-state index contributed by atoms with van der Waals surface area (Å²) < 4.78 is 0.821. The fourth-order valence-electron chi connectivity index (χ4n) is 1.17. The van der Waals surface area contributed by atoms with Crippen LogP contribution in [0.25, 0.3) is 0 Å².